The predicted octanol–water partition coefficient (Wildman–Crippen LogP) is 2.41. The van der Waals surface area contributed by atoms with Gasteiger partial charge in [-0.15, -0.1) is 0 Å². The van der Waals surface area contributed by atoms with Gasteiger partial charge in [-0.3, -0.25) is 19.4 Å². The molecule has 1 aliphatic rings. The topological polar surface area (TPSA) is 94.6 Å². The molecule has 3 aromatic rings. The van der Waals surface area contributed by atoms with Crippen LogP contribution in [0.3, 0.4) is 0 Å². The van der Waals surface area contributed by atoms with Crippen LogP contribution in [0.5, 0.6) is 0 Å². The van der Waals surface area contributed by atoms with Gasteiger partial charge < -0.3 is 20.4 Å². The number of carbonyl (C=O) groups excluding carboxylic acids is 3. The second-order valence-electron chi connectivity index (χ2n) is 7.62. The van der Waals surface area contributed by atoms with E-state index in [0.29, 0.717) is 43.0 Å². The summed E-state index contributed by atoms with van der Waals surface area (Å²) in [6.45, 7) is 2.18. The average molecular weight is 444 g/mol. The number of hydrogen-bond donors (Lipinski definition) is 2. The molecule has 0 bridgehead atoms. The van der Waals surface area contributed by atoms with Gasteiger partial charge in [0.15, 0.2) is 0 Å². The smallest absolute Gasteiger partial charge is 0.257 e. The maximum absolute atomic E-state index is 12.9. The van der Waals surface area contributed by atoms with Crippen molar-refractivity contribution in [1.82, 2.24) is 15.2 Å². The first kappa shape index (κ1) is 22.0. The molecule has 0 radical (unpaired) electrons. The Kier molecular flexibility index (Phi) is 6.94. The number of hydrogen-bond acceptors (Lipinski definition) is 5. The predicted molar refractivity (Wildman–Crippen MR) is 126 cm³/mol. The molecular formula is C25H25N5O3. The van der Waals surface area contributed by atoms with Gasteiger partial charge in [0.05, 0.1) is 12.1 Å². The van der Waals surface area contributed by atoms with Crippen LogP contribution in [0.2, 0.25) is 0 Å². The molecule has 8 nitrogen and oxygen atoms in total. The number of pyridine rings is 1. The number of nitrogens with zero attached hydrogens (tertiary/aromatic N) is 3. The maximum Gasteiger partial charge on any atom is 0.257 e. The molecule has 2 heterocycles. The molecular weight excluding hydrogens is 418 g/mol. The van der Waals surface area contributed by atoms with Gasteiger partial charge in [0.1, 0.15) is 0 Å². The van der Waals surface area contributed by atoms with Crippen molar-refractivity contribution in [2.75, 3.05) is 42.9 Å². The zero-order valence-corrected chi connectivity index (χ0v) is 18.1. The molecule has 4 rings (SSSR count). The number of piperazine rings is 1. The lowest BCUT2D eigenvalue weighted by Crippen LogP contribution is -2.51. The lowest BCUT2D eigenvalue weighted by atomic mass is 10.1. The Morgan fingerprint density at radius 2 is 1.45 bits per heavy atom. The third kappa shape index (κ3) is 5.54. The van der Waals surface area contributed by atoms with Crippen LogP contribution in [0, 0.1) is 0 Å². The van der Waals surface area contributed by atoms with E-state index in [0.717, 1.165) is 5.69 Å². The van der Waals surface area contributed by atoms with Crippen LogP contribution in [0.1, 0.15) is 20.7 Å². The van der Waals surface area contributed by atoms with Crippen molar-refractivity contribution in [2.45, 2.75) is 0 Å². The molecule has 168 valence electrons. The quantitative estimate of drug-likeness (QED) is 0.610. The highest BCUT2D eigenvalue weighted by Gasteiger charge is 2.24. The standard InChI is InChI=1S/C25H25N5O3/c31-23(18-27-24(32)19-6-2-1-3-7-19)30-16-14-29(15-17-30)22-9-5-4-8-21(22)25(33)28-20-10-12-26-13-11-20/h1-13H,14-18H2,(H,27,32)(H,26,28,33). The van der Waals surface area contributed by atoms with Crippen LogP contribution in [0.25, 0.3) is 0 Å². The fourth-order valence-corrected chi connectivity index (χ4v) is 3.73. The number of aromatic nitrogens is 1. The van der Waals surface area contributed by atoms with Crippen molar-refractivity contribution < 1.29 is 14.4 Å². The summed E-state index contributed by atoms with van der Waals surface area (Å²) in [7, 11) is 0. The fourth-order valence-electron chi connectivity index (χ4n) is 3.73. The number of nitrogens with one attached hydrogen (secondary N) is 2. The number of carbonyl (C=O) groups is 3. The highest BCUT2D eigenvalue weighted by molar-refractivity contribution is 6.08. The third-order valence-electron chi connectivity index (χ3n) is 5.50. The monoisotopic (exact) mass is 443 g/mol. The molecule has 33 heavy (non-hydrogen) atoms. The summed E-state index contributed by atoms with van der Waals surface area (Å²) >= 11 is 0. The summed E-state index contributed by atoms with van der Waals surface area (Å²) in [6.07, 6.45) is 3.25. The zero-order valence-electron chi connectivity index (χ0n) is 18.1. The molecule has 0 spiro atoms. The number of benzene rings is 2. The van der Waals surface area contributed by atoms with Gasteiger partial charge in [0.25, 0.3) is 11.8 Å². The van der Waals surface area contributed by atoms with Crippen molar-refractivity contribution in [3.05, 3.63) is 90.3 Å². The molecule has 1 aliphatic heterocycles. The van der Waals surface area contributed by atoms with Crippen molar-refractivity contribution >= 4 is 29.1 Å². The van der Waals surface area contributed by atoms with Crippen LogP contribution in [-0.2, 0) is 4.79 Å². The van der Waals surface area contributed by atoms with E-state index >= 15 is 0 Å². The Bertz CT molecular complexity index is 1110. The Morgan fingerprint density at radius 3 is 2.18 bits per heavy atom. The summed E-state index contributed by atoms with van der Waals surface area (Å²) in [5, 5.41) is 5.58. The average Bonchev–Trinajstić information content (AvgIpc) is 2.88. The van der Waals surface area contributed by atoms with Crippen LogP contribution in [0.4, 0.5) is 11.4 Å². The summed E-state index contributed by atoms with van der Waals surface area (Å²) in [6, 6.07) is 19.7. The van der Waals surface area contributed by atoms with Gasteiger partial charge in [0.2, 0.25) is 5.91 Å². The Hall–Kier alpha value is -4.20. The Morgan fingerprint density at radius 1 is 0.788 bits per heavy atom. The number of anilines is 2. The summed E-state index contributed by atoms with van der Waals surface area (Å²) in [5.74, 6) is -0.585. The van der Waals surface area contributed by atoms with Crippen molar-refractivity contribution in [3.8, 4) is 0 Å². The minimum Gasteiger partial charge on any atom is -0.367 e. The van der Waals surface area contributed by atoms with Crippen molar-refractivity contribution in [1.29, 1.82) is 0 Å². The van der Waals surface area contributed by atoms with Gasteiger partial charge in [-0.05, 0) is 36.4 Å². The second-order valence-corrected chi connectivity index (χ2v) is 7.62. The first-order valence-corrected chi connectivity index (χ1v) is 10.8. The number of amides is 3. The van der Waals surface area contributed by atoms with Crippen LogP contribution >= 0.6 is 0 Å². The molecule has 0 saturated carbocycles. The number of para-hydroxylation sites is 1. The molecule has 1 fully saturated rings. The molecule has 8 heteroatoms. The largest absolute Gasteiger partial charge is 0.367 e. The minimum atomic E-state index is -0.267. The molecule has 0 atom stereocenters. The van der Waals surface area contributed by atoms with Crippen molar-refractivity contribution in [3.63, 3.8) is 0 Å². The van der Waals surface area contributed by atoms with Crippen LogP contribution in [0.15, 0.2) is 79.1 Å². The van der Waals surface area contributed by atoms with E-state index in [1.807, 2.05) is 24.3 Å². The van der Waals surface area contributed by atoms with Gasteiger partial charge in [0, 0.05) is 55.5 Å². The molecule has 1 saturated heterocycles. The lowest BCUT2D eigenvalue weighted by Gasteiger charge is -2.37. The Balaban J connectivity index is 1.33. The molecule has 2 aromatic carbocycles. The maximum atomic E-state index is 12.9. The van der Waals surface area contributed by atoms with Crippen LogP contribution < -0.4 is 15.5 Å². The number of rotatable bonds is 6. The Labute approximate surface area is 192 Å². The molecule has 0 unspecified atom stereocenters. The van der Waals surface area contributed by atoms with E-state index in [2.05, 4.69) is 20.5 Å². The van der Waals surface area contributed by atoms with E-state index in [9.17, 15) is 14.4 Å². The van der Waals surface area contributed by atoms with E-state index in [1.54, 1.807) is 59.8 Å². The zero-order chi connectivity index (χ0) is 23.0. The third-order valence-corrected chi connectivity index (χ3v) is 5.50. The lowest BCUT2D eigenvalue weighted by molar-refractivity contribution is -0.130. The van der Waals surface area contributed by atoms with E-state index in [-0.39, 0.29) is 24.3 Å². The second kappa shape index (κ2) is 10.4. The normalized spacial score (nSPS) is 13.3. The molecule has 0 aliphatic carbocycles. The first-order chi connectivity index (χ1) is 16.1. The van der Waals surface area contributed by atoms with Crippen LogP contribution in [-0.4, -0.2) is 60.3 Å². The molecule has 1 aromatic heterocycles. The van der Waals surface area contributed by atoms with Gasteiger partial charge in [-0.25, -0.2) is 0 Å². The minimum absolute atomic E-state index is 0.0430. The first-order valence-electron chi connectivity index (χ1n) is 10.8. The molecule has 2 N–H and O–H groups in total. The molecule has 3 amide bonds. The summed E-state index contributed by atoms with van der Waals surface area (Å²) in [5.41, 5.74) is 2.60. The highest BCUT2D eigenvalue weighted by atomic mass is 16.2. The van der Waals surface area contributed by atoms with E-state index < -0.39 is 0 Å². The fraction of sp³-hybridized carbons (Fsp3) is 0.200. The van der Waals surface area contributed by atoms with E-state index in [4.69, 9.17) is 0 Å². The van der Waals surface area contributed by atoms with E-state index in [1.165, 1.54) is 0 Å². The highest BCUT2D eigenvalue weighted by Crippen LogP contribution is 2.23. The summed E-state index contributed by atoms with van der Waals surface area (Å²) < 4.78 is 0. The van der Waals surface area contributed by atoms with Gasteiger partial charge in [-0.2, -0.15) is 0 Å². The van der Waals surface area contributed by atoms with Crippen molar-refractivity contribution in [2.24, 2.45) is 0 Å². The van der Waals surface area contributed by atoms with Gasteiger partial charge in [-0.1, -0.05) is 30.3 Å². The SMILES string of the molecule is O=C(NCC(=O)N1CCN(c2ccccc2C(=O)Nc2ccncc2)CC1)c1ccccc1. The van der Waals surface area contributed by atoms with Gasteiger partial charge >= 0.3 is 0 Å². The summed E-state index contributed by atoms with van der Waals surface area (Å²) in [4.78, 5) is 45.4.